The summed E-state index contributed by atoms with van der Waals surface area (Å²) in [5.41, 5.74) is 3.34. The molecule has 0 aliphatic heterocycles. The Bertz CT molecular complexity index is 916. The predicted octanol–water partition coefficient (Wildman–Crippen LogP) is 4.81. The van der Waals surface area contributed by atoms with Crippen LogP contribution in [0.5, 0.6) is 0 Å². The number of benzene rings is 2. The lowest BCUT2D eigenvalue weighted by atomic mass is 10.2. The lowest BCUT2D eigenvalue weighted by Crippen LogP contribution is -1.81. The van der Waals surface area contributed by atoms with Crippen molar-refractivity contribution in [2.75, 3.05) is 0 Å². The number of hydrogen-bond acceptors (Lipinski definition) is 3. The van der Waals surface area contributed by atoms with Crippen molar-refractivity contribution in [3.8, 4) is 11.5 Å². The first-order valence-corrected chi connectivity index (χ1v) is 7.01. The normalized spacial score (nSPS) is 11.2. The zero-order chi connectivity index (χ0) is 13.5. The van der Waals surface area contributed by atoms with Gasteiger partial charge in [-0.1, -0.05) is 24.3 Å². The van der Waals surface area contributed by atoms with Crippen LogP contribution >= 0.6 is 15.9 Å². The molecule has 0 spiro atoms. The monoisotopic (exact) mass is 324 g/mol. The molecule has 2 heterocycles. The summed E-state index contributed by atoms with van der Waals surface area (Å²) >= 11 is 3.56. The average Bonchev–Trinajstić information content (AvgIpc) is 2.93. The van der Waals surface area contributed by atoms with Gasteiger partial charge in [0.15, 0.2) is 5.58 Å². The van der Waals surface area contributed by atoms with Gasteiger partial charge in [0.1, 0.15) is 11.0 Å². The Balaban J connectivity index is 2.07. The molecule has 0 radical (unpaired) electrons. The number of pyridine rings is 1. The van der Waals surface area contributed by atoms with Crippen molar-refractivity contribution in [2.24, 2.45) is 0 Å². The molecule has 0 fully saturated rings. The average molecular weight is 325 g/mol. The van der Waals surface area contributed by atoms with Gasteiger partial charge in [0.2, 0.25) is 5.89 Å². The van der Waals surface area contributed by atoms with E-state index in [2.05, 4.69) is 25.9 Å². The summed E-state index contributed by atoms with van der Waals surface area (Å²) in [6.45, 7) is 0. The molecule has 0 amide bonds. The topological polar surface area (TPSA) is 38.9 Å². The molecule has 2 aromatic carbocycles. The Morgan fingerprint density at radius 1 is 0.950 bits per heavy atom. The molecule has 4 rings (SSSR count). The Morgan fingerprint density at radius 2 is 1.80 bits per heavy atom. The highest BCUT2D eigenvalue weighted by atomic mass is 79.9. The van der Waals surface area contributed by atoms with Crippen LogP contribution in [0.15, 0.2) is 63.6 Å². The zero-order valence-electron chi connectivity index (χ0n) is 10.4. The summed E-state index contributed by atoms with van der Waals surface area (Å²) in [5, 5.41) is 1.04. The van der Waals surface area contributed by atoms with Crippen molar-refractivity contribution in [2.45, 2.75) is 0 Å². The second-order valence-electron chi connectivity index (χ2n) is 4.49. The highest BCUT2D eigenvalue weighted by Crippen LogP contribution is 2.33. The van der Waals surface area contributed by atoms with E-state index in [1.54, 1.807) is 6.20 Å². The number of aromatic nitrogens is 2. The van der Waals surface area contributed by atoms with E-state index in [0.717, 1.165) is 32.0 Å². The molecule has 4 heteroatoms. The molecule has 0 bridgehead atoms. The van der Waals surface area contributed by atoms with Crippen LogP contribution in [0.2, 0.25) is 0 Å². The molecule has 0 aliphatic rings. The molecule has 0 saturated carbocycles. The first-order valence-electron chi connectivity index (χ1n) is 6.22. The van der Waals surface area contributed by atoms with E-state index in [4.69, 9.17) is 4.42 Å². The molecular weight excluding hydrogens is 316 g/mol. The quantitative estimate of drug-likeness (QED) is 0.504. The third-order valence-corrected chi connectivity index (χ3v) is 3.88. The first kappa shape index (κ1) is 11.6. The molecule has 3 nitrogen and oxygen atoms in total. The molecule has 0 aliphatic carbocycles. The first-order chi connectivity index (χ1) is 9.83. The zero-order valence-corrected chi connectivity index (χ0v) is 12.0. The second kappa shape index (κ2) is 4.42. The fraction of sp³-hybridized carbons (Fsp3) is 0. The van der Waals surface area contributed by atoms with Gasteiger partial charge in [-0.25, -0.2) is 4.98 Å². The molecule has 0 unspecified atom stereocenters. The summed E-state index contributed by atoms with van der Waals surface area (Å²) in [5.74, 6) is 0.616. The summed E-state index contributed by atoms with van der Waals surface area (Å²) in [4.78, 5) is 9.03. The molecule has 0 saturated heterocycles. The van der Waals surface area contributed by atoms with Crippen LogP contribution in [0, 0.1) is 0 Å². The maximum absolute atomic E-state index is 5.86. The van der Waals surface area contributed by atoms with Crippen LogP contribution < -0.4 is 0 Å². The van der Waals surface area contributed by atoms with Gasteiger partial charge in [-0.15, -0.1) is 0 Å². The third kappa shape index (κ3) is 1.72. The number of nitrogens with zero attached hydrogens (tertiary/aromatic N) is 2. The van der Waals surface area contributed by atoms with Crippen molar-refractivity contribution in [1.29, 1.82) is 0 Å². The summed E-state index contributed by atoms with van der Waals surface area (Å²) in [7, 11) is 0. The fourth-order valence-electron chi connectivity index (χ4n) is 2.28. The van der Waals surface area contributed by atoms with E-state index in [1.165, 1.54) is 0 Å². The van der Waals surface area contributed by atoms with Crippen molar-refractivity contribution in [3.05, 3.63) is 59.2 Å². The summed E-state index contributed by atoms with van der Waals surface area (Å²) in [6.07, 6.45) is 1.77. The van der Waals surface area contributed by atoms with E-state index in [-0.39, 0.29) is 0 Å². The Labute approximate surface area is 123 Å². The molecule has 4 aromatic rings. The minimum Gasteiger partial charge on any atom is -0.436 e. The Hall–Kier alpha value is -2.20. The van der Waals surface area contributed by atoms with E-state index in [1.807, 2.05) is 48.5 Å². The van der Waals surface area contributed by atoms with Crippen LogP contribution in [0.4, 0.5) is 0 Å². The third-order valence-electron chi connectivity index (χ3n) is 3.22. The summed E-state index contributed by atoms with van der Waals surface area (Å²) < 4.78 is 6.82. The van der Waals surface area contributed by atoms with Crippen molar-refractivity contribution < 1.29 is 4.42 Å². The Kier molecular flexibility index (Phi) is 2.57. The van der Waals surface area contributed by atoms with Crippen LogP contribution in [0.3, 0.4) is 0 Å². The minimum absolute atomic E-state index is 0.616. The molecule has 0 atom stereocenters. The maximum Gasteiger partial charge on any atom is 0.227 e. The minimum atomic E-state index is 0.616. The van der Waals surface area contributed by atoms with E-state index in [9.17, 15) is 0 Å². The van der Waals surface area contributed by atoms with Gasteiger partial charge in [0, 0.05) is 21.6 Å². The van der Waals surface area contributed by atoms with E-state index in [0.29, 0.717) is 5.89 Å². The highest BCUT2D eigenvalue weighted by molar-refractivity contribution is 9.10. The van der Waals surface area contributed by atoms with Crippen molar-refractivity contribution in [3.63, 3.8) is 0 Å². The highest BCUT2D eigenvalue weighted by Gasteiger charge is 2.13. The molecule has 0 N–H and O–H groups in total. The number of halogens is 1. The fourth-order valence-corrected chi connectivity index (χ4v) is 2.81. The van der Waals surface area contributed by atoms with Crippen LogP contribution in [0.25, 0.3) is 33.5 Å². The van der Waals surface area contributed by atoms with Gasteiger partial charge in [-0.2, -0.15) is 0 Å². The SMILES string of the molecule is Brc1cc2oc(-c3ccccc3)nc2c2ncccc12. The van der Waals surface area contributed by atoms with E-state index >= 15 is 0 Å². The van der Waals surface area contributed by atoms with Crippen molar-refractivity contribution in [1.82, 2.24) is 9.97 Å². The summed E-state index contributed by atoms with van der Waals surface area (Å²) in [6, 6.07) is 15.7. The molecule has 2 aromatic heterocycles. The smallest absolute Gasteiger partial charge is 0.227 e. The van der Waals surface area contributed by atoms with Gasteiger partial charge in [0.25, 0.3) is 0 Å². The van der Waals surface area contributed by atoms with Gasteiger partial charge in [0.05, 0.1) is 0 Å². The Morgan fingerprint density at radius 3 is 2.65 bits per heavy atom. The van der Waals surface area contributed by atoms with Gasteiger partial charge in [-0.05, 0) is 40.2 Å². The van der Waals surface area contributed by atoms with Gasteiger partial charge < -0.3 is 4.42 Å². The number of fused-ring (bicyclic) bond motifs is 3. The molecular formula is C16H9BrN2O. The maximum atomic E-state index is 5.86. The lowest BCUT2D eigenvalue weighted by Gasteiger charge is -1.98. The van der Waals surface area contributed by atoms with Crippen LogP contribution in [0.1, 0.15) is 0 Å². The lowest BCUT2D eigenvalue weighted by molar-refractivity contribution is 0.620. The van der Waals surface area contributed by atoms with Gasteiger partial charge >= 0.3 is 0 Å². The predicted molar refractivity (Wildman–Crippen MR) is 82.4 cm³/mol. The molecule has 20 heavy (non-hydrogen) atoms. The largest absolute Gasteiger partial charge is 0.436 e. The molecule has 96 valence electrons. The number of rotatable bonds is 1. The van der Waals surface area contributed by atoms with Crippen LogP contribution in [-0.2, 0) is 0 Å². The van der Waals surface area contributed by atoms with Crippen molar-refractivity contribution >= 4 is 37.9 Å². The number of oxazole rings is 1. The number of hydrogen-bond donors (Lipinski definition) is 0. The van der Waals surface area contributed by atoms with Crippen LogP contribution in [-0.4, -0.2) is 9.97 Å². The van der Waals surface area contributed by atoms with E-state index < -0.39 is 0 Å². The standard InChI is InChI=1S/C16H9BrN2O/c17-12-9-13-15(14-11(12)7-4-8-18-14)19-16(20-13)10-5-2-1-3-6-10/h1-9H. The second-order valence-corrected chi connectivity index (χ2v) is 5.34. The van der Waals surface area contributed by atoms with Gasteiger partial charge in [-0.3, -0.25) is 4.98 Å².